The monoisotopic (exact) mass is 203 g/mol. The maximum atomic E-state index is 10.5. The molecule has 0 amide bonds. The molecule has 14 heavy (non-hydrogen) atoms. The van der Waals surface area contributed by atoms with Crippen LogP contribution >= 0.6 is 0 Å². The van der Waals surface area contributed by atoms with Gasteiger partial charge in [0, 0.05) is 12.7 Å². The Bertz CT molecular complexity index is 161. The van der Waals surface area contributed by atoms with E-state index in [-0.39, 0.29) is 0 Å². The topological polar surface area (TPSA) is 56.8 Å². The molecular formula is C9H17NO4. The van der Waals surface area contributed by atoms with Gasteiger partial charge in [0.15, 0.2) is 0 Å². The van der Waals surface area contributed by atoms with Gasteiger partial charge in [-0.2, -0.15) is 5.48 Å². The zero-order valence-corrected chi connectivity index (χ0v) is 8.45. The lowest BCUT2D eigenvalue weighted by Crippen LogP contribution is -2.23. The van der Waals surface area contributed by atoms with Gasteiger partial charge in [0.05, 0.1) is 26.4 Å². The van der Waals surface area contributed by atoms with Gasteiger partial charge >= 0.3 is 5.97 Å². The number of hydrogen-bond donors (Lipinski definition) is 1. The molecule has 0 unspecified atom stereocenters. The zero-order valence-electron chi connectivity index (χ0n) is 8.45. The van der Waals surface area contributed by atoms with Gasteiger partial charge in [0.25, 0.3) is 0 Å². The van der Waals surface area contributed by atoms with E-state index >= 15 is 0 Å². The third-order valence-corrected chi connectivity index (χ3v) is 1.26. The van der Waals surface area contributed by atoms with Crippen molar-refractivity contribution in [3.63, 3.8) is 0 Å². The summed E-state index contributed by atoms with van der Waals surface area (Å²) in [7, 11) is 0. The summed E-state index contributed by atoms with van der Waals surface area (Å²) < 4.78 is 10.2. The average molecular weight is 203 g/mol. The third-order valence-electron chi connectivity index (χ3n) is 1.26. The molecule has 0 aliphatic heterocycles. The van der Waals surface area contributed by atoms with Crippen LogP contribution in [0.25, 0.3) is 0 Å². The van der Waals surface area contributed by atoms with Crippen LogP contribution in [0.15, 0.2) is 12.7 Å². The normalized spacial score (nSPS) is 9.79. The van der Waals surface area contributed by atoms with Gasteiger partial charge in [-0.25, -0.2) is 4.79 Å². The Hall–Kier alpha value is -0.910. The first kappa shape index (κ1) is 13.1. The van der Waals surface area contributed by atoms with Gasteiger partial charge in [-0.1, -0.05) is 6.58 Å². The van der Waals surface area contributed by atoms with Crippen LogP contribution in [0.4, 0.5) is 0 Å². The van der Waals surface area contributed by atoms with E-state index in [1.54, 1.807) is 0 Å². The fourth-order valence-electron chi connectivity index (χ4n) is 0.642. The summed E-state index contributed by atoms with van der Waals surface area (Å²) in [6.07, 6.45) is 1.09. The standard InChI is InChI=1S/C9H17NO4/c1-3-9(11)14-10-5-6-13-8-7-12-4-2/h3,10H,1,4-8H2,2H3. The molecule has 0 saturated heterocycles. The maximum absolute atomic E-state index is 10.5. The molecule has 0 aliphatic carbocycles. The molecule has 0 rings (SSSR count). The number of carbonyl (C=O) groups is 1. The van der Waals surface area contributed by atoms with E-state index in [0.29, 0.717) is 33.0 Å². The minimum Gasteiger partial charge on any atom is -0.379 e. The van der Waals surface area contributed by atoms with Crippen molar-refractivity contribution in [2.24, 2.45) is 0 Å². The number of hydroxylamine groups is 1. The fourth-order valence-corrected chi connectivity index (χ4v) is 0.642. The smallest absolute Gasteiger partial charge is 0.348 e. The fraction of sp³-hybridized carbons (Fsp3) is 0.667. The molecule has 0 saturated carbocycles. The SMILES string of the molecule is C=CC(=O)ONCCOCCOCC. The number of rotatable bonds is 9. The van der Waals surface area contributed by atoms with Gasteiger partial charge in [0.1, 0.15) is 0 Å². The molecule has 0 atom stereocenters. The van der Waals surface area contributed by atoms with Crippen LogP contribution in [0.3, 0.4) is 0 Å². The van der Waals surface area contributed by atoms with Crippen LogP contribution in [0.1, 0.15) is 6.92 Å². The summed E-state index contributed by atoms with van der Waals surface area (Å²) in [5.41, 5.74) is 2.44. The Morgan fingerprint density at radius 1 is 1.36 bits per heavy atom. The number of ether oxygens (including phenoxy) is 2. The van der Waals surface area contributed by atoms with Gasteiger partial charge in [-0.05, 0) is 6.92 Å². The molecule has 82 valence electrons. The highest BCUT2D eigenvalue weighted by molar-refractivity contribution is 5.80. The van der Waals surface area contributed by atoms with E-state index in [0.717, 1.165) is 6.08 Å². The van der Waals surface area contributed by atoms with Crippen molar-refractivity contribution in [3.05, 3.63) is 12.7 Å². The Kier molecular flexibility index (Phi) is 9.51. The van der Waals surface area contributed by atoms with Crippen LogP contribution < -0.4 is 5.48 Å². The van der Waals surface area contributed by atoms with Gasteiger partial charge < -0.3 is 14.3 Å². The molecule has 5 heteroatoms. The molecule has 0 bridgehead atoms. The maximum Gasteiger partial charge on any atom is 0.348 e. The first-order chi connectivity index (χ1) is 6.81. The highest BCUT2D eigenvalue weighted by atomic mass is 16.7. The molecule has 0 radical (unpaired) electrons. The van der Waals surface area contributed by atoms with Crippen molar-refractivity contribution in [2.45, 2.75) is 6.92 Å². The second-order valence-electron chi connectivity index (χ2n) is 2.33. The summed E-state index contributed by atoms with van der Waals surface area (Å²) >= 11 is 0. The van der Waals surface area contributed by atoms with E-state index in [1.165, 1.54) is 0 Å². The van der Waals surface area contributed by atoms with Crippen LogP contribution in [0.2, 0.25) is 0 Å². The molecule has 0 aromatic rings. The summed E-state index contributed by atoms with van der Waals surface area (Å²) in [6.45, 7) is 7.92. The van der Waals surface area contributed by atoms with Crippen LogP contribution in [-0.2, 0) is 19.1 Å². The Morgan fingerprint density at radius 3 is 2.71 bits per heavy atom. The van der Waals surface area contributed by atoms with Crippen LogP contribution in [0.5, 0.6) is 0 Å². The lowest BCUT2D eigenvalue weighted by molar-refractivity contribution is -0.145. The van der Waals surface area contributed by atoms with Crippen molar-refractivity contribution in [2.75, 3.05) is 33.0 Å². The summed E-state index contributed by atoms with van der Waals surface area (Å²) in [5.74, 6) is -0.501. The molecule has 0 aliphatic rings. The lowest BCUT2D eigenvalue weighted by Gasteiger charge is -2.05. The van der Waals surface area contributed by atoms with Crippen molar-refractivity contribution < 1.29 is 19.1 Å². The van der Waals surface area contributed by atoms with Crippen molar-refractivity contribution in [3.8, 4) is 0 Å². The highest BCUT2D eigenvalue weighted by Gasteiger charge is 1.93. The first-order valence-corrected chi connectivity index (χ1v) is 4.52. The predicted molar refractivity (Wildman–Crippen MR) is 51.6 cm³/mol. The average Bonchev–Trinajstić information content (AvgIpc) is 2.21. The minimum atomic E-state index is -0.501. The van der Waals surface area contributed by atoms with E-state index < -0.39 is 5.97 Å². The van der Waals surface area contributed by atoms with Crippen LogP contribution in [0, 0.1) is 0 Å². The molecule has 0 fully saturated rings. The van der Waals surface area contributed by atoms with E-state index in [1.807, 2.05) is 6.92 Å². The Labute approximate surface area is 84.0 Å². The molecule has 0 aromatic heterocycles. The predicted octanol–water partition coefficient (Wildman–Crippen LogP) is 0.273. The number of hydrogen-bond acceptors (Lipinski definition) is 5. The quantitative estimate of drug-likeness (QED) is 0.331. The largest absolute Gasteiger partial charge is 0.379 e. The molecule has 0 spiro atoms. The zero-order chi connectivity index (χ0) is 10.6. The Morgan fingerprint density at radius 2 is 2.07 bits per heavy atom. The summed E-state index contributed by atoms with van der Waals surface area (Å²) in [4.78, 5) is 15.0. The third kappa shape index (κ3) is 9.18. The van der Waals surface area contributed by atoms with Gasteiger partial charge in [-0.15, -0.1) is 0 Å². The molecular weight excluding hydrogens is 186 g/mol. The summed E-state index contributed by atoms with van der Waals surface area (Å²) in [5, 5.41) is 0. The molecule has 0 aromatic carbocycles. The molecule has 5 nitrogen and oxygen atoms in total. The minimum absolute atomic E-state index is 0.450. The van der Waals surface area contributed by atoms with E-state index in [4.69, 9.17) is 9.47 Å². The van der Waals surface area contributed by atoms with Gasteiger partial charge in [-0.3, -0.25) is 0 Å². The Balaban J connectivity index is 2.99. The van der Waals surface area contributed by atoms with Crippen molar-refractivity contribution in [1.29, 1.82) is 0 Å². The first-order valence-electron chi connectivity index (χ1n) is 4.52. The number of nitrogens with one attached hydrogen (secondary N) is 1. The van der Waals surface area contributed by atoms with Crippen LogP contribution in [-0.4, -0.2) is 38.9 Å². The van der Waals surface area contributed by atoms with Gasteiger partial charge in [0.2, 0.25) is 0 Å². The second-order valence-corrected chi connectivity index (χ2v) is 2.33. The van der Waals surface area contributed by atoms with E-state index in [9.17, 15) is 4.79 Å². The van der Waals surface area contributed by atoms with Crippen molar-refractivity contribution in [1.82, 2.24) is 5.48 Å². The second kappa shape index (κ2) is 10.2. The van der Waals surface area contributed by atoms with Crippen molar-refractivity contribution >= 4 is 5.97 Å². The highest BCUT2D eigenvalue weighted by Crippen LogP contribution is 1.78. The summed E-state index contributed by atoms with van der Waals surface area (Å²) in [6, 6.07) is 0. The lowest BCUT2D eigenvalue weighted by atomic mass is 10.7. The molecule has 1 N–H and O–H groups in total. The number of carbonyl (C=O) groups excluding carboxylic acids is 1. The molecule has 0 heterocycles. The van der Waals surface area contributed by atoms with E-state index in [2.05, 4.69) is 16.9 Å².